The maximum absolute atomic E-state index is 10.7. The summed E-state index contributed by atoms with van der Waals surface area (Å²) < 4.78 is 59.2. The van der Waals surface area contributed by atoms with Crippen molar-refractivity contribution in [3.8, 4) is 0 Å². The fraction of sp³-hybridized carbons (Fsp3) is 0. The van der Waals surface area contributed by atoms with E-state index in [9.17, 15) is 25.2 Å². The minimum absolute atomic E-state index is 0. The van der Waals surface area contributed by atoms with Gasteiger partial charge in [0.2, 0.25) is 0 Å². The van der Waals surface area contributed by atoms with Crippen LogP contribution in [-0.4, -0.2) is 24.4 Å². The molecular formula is H3F6PSb-. The standard InChI is InChI=1S/F6P.Sb.3H/c1-7(2,3,4,5)6;;;;/q-1;;;;. The van der Waals surface area contributed by atoms with Crippen molar-refractivity contribution in [1.82, 2.24) is 0 Å². The molecule has 0 N–H and O–H groups in total. The Labute approximate surface area is 57.9 Å². The van der Waals surface area contributed by atoms with Crippen LogP contribution in [-0.2, 0) is 0 Å². The van der Waals surface area contributed by atoms with E-state index in [0.29, 0.717) is 0 Å². The average Bonchev–Trinajstić information content (AvgIpc) is 0.592. The first-order valence-electron chi connectivity index (χ1n) is 1.01. The van der Waals surface area contributed by atoms with Crippen LogP contribution >= 0.6 is 7.81 Å². The monoisotopic (exact) mass is 269 g/mol. The second-order valence-corrected chi connectivity index (χ2v) is 2.87. The van der Waals surface area contributed by atoms with Crippen molar-refractivity contribution in [3.63, 3.8) is 0 Å². The van der Waals surface area contributed by atoms with Crippen LogP contribution in [0.15, 0.2) is 0 Å². The molecule has 0 aliphatic heterocycles. The Balaban J connectivity index is 0. The van der Waals surface area contributed by atoms with Gasteiger partial charge < -0.3 is 0 Å². The van der Waals surface area contributed by atoms with Gasteiger partial charge in [-0.1, -0.05) is 0 Å². The van der Waals surface area contributed by atoms with Gasteiger partial charge in [-0.15, -0.1) is 0 Å². The van der Waals surface area contributed by atoms with Crippen LogP contribution in [0.5, 0.6) is 0 Å². The van der Waals surface area contributed by atoms with Gasteiger partial charge in [-0.05, 0) is 0 Å². The first kappa shape index (κ1) is 11.6. The summed E-state index contributed by atoms with van der Waals surface area (Å²) in [5.74, 6) is 0. The van der Waals surface area contributed by atoms with Gasteiger partial charge in [0.05, 0.1) is 0 Å². The van der Waals surface area contributed by atoms with Gasteiger partial charge >= 0.3 is 57.4 Å². The van der Waals surface area contributed by atoms with Crippen molar-refractivity contribution in [2.75, 3.05) is 0 Å². The molecule has 8 heavy (non-hydrogen) atoms. The summed E-state index contributed by atoms with van der Waals surface area (Å²) in [6.07, 6.45) is 0. The van der Waals surface area contributed by atoms with E-state index >= 15 is 0 Å². The molecule has 0 heterocycles. The van der Waals surface area contributed by atoms with Crippen molar-refractivity contribution in [2.45, 2.75) is 0 Å². The molecule has 0 rings (SSSR count). The Morgan fingerprint density at radius 1 is 0.625 bits per heavy atom. The van der Waals surface area contributed by atoms with E-state index in [4.69, 9.17) is 0 Å². The number of hydrogen-bond acceptors (Lipinski definition) is 0. The van der Waals surface area contributed by atoms with Crippen molar-refractivity contribution < 1.29 is 25.2 Å². The van der Waals surface area contributed by atoms with E-state index in [1.807, 2.05) is 0 Å². The first-order chi connectivity index (χ1) is 2.45. The zero-order chi connectivity index (χ0) is 6.41. The van der Waals surface area contributed by atoms with Crippen LogP contribution in [0.2, 0.25) is 0 Å². The zero-order valence-electron chi connectivity index (χ0n) is 3.42. The van der Waals surface area contributed by atoms with Crippen molar-refractivity contribution >= 4 is 32.2 Å². The van der Waals surface area contributed by atoms with Crippen LogP contribution < -0.4 is 0 Å². The third-order valence-electron chi connectivity index (χ3n) is 0. The summed E-state index contributed by atoms with van der Waals surface area (Å²) in [5, 5.41) is 0. The zero-order valence-corrected chi connectivity index (χ0v) is 8.35. The van der Waals surface area contributed by atoms with Crippen LogP contribution in [0.4, 0.5) is 25.2 Å². The summed E-state index contributed by atoms with van der Waals surface area (Å²) in [4.78, 5) is 0. The van der Waals surface area contributed by atoms with Gasteiger partial charge in [0.15, 0.2) is 0 Å². The van der Waals surface area contributed by atoms with Gasteiger partial charge in [0, 0.05) is 0 Å². The molecule has 0 radical (unpaired) electrons. The molecule has 0 nitrogen and oxygen atoms in total. The maximum atomic E-state index is 9.87. The summed E-state index contributed by atoms with van der Waals surface area (Å²) in [7, 11) is -10.7. The molecule has 0 aromatic heterocycles. The van der Waals surface area contributed by atoms with Gasteiger partial charge in [-0.2, -0.15) is 0 Å². The molecule has 0 aliphatic rings. The van der Waals surface area contributed by atoms with Crippen LogP contribution in [0, 0.1) is 0 Å². The van der Waals surface area contributed by atoms with E-state index in [1.165, 1.54) is 0 Å². The molecule has 0 amide bonds. The van der Waals surface area contributed by atoms with E-state index in [-0.39, 0.29) is 24.4 Å². The Morgan fingerprint density at radius 2 is 0.625 bits per heavy atom. The molecule has 0 aliphatic carbocycles. The van der Waals surface area contributed by atoms with E-state index in [1.54, 1.807) is 0 Å². The summed E-state index contributed by atoms with van der Waals surface area (Å²) in [5.41, 5.74) is 0. The predicted octanol–water partition coefficient (Wildman–Crippen LogP) is 2.20. The van der Waals surface area contributed by atoms with Crippen molar-refractivity contribution in [3.05, 3.63) is 0 Å². The molecule has 0 spiro atoms. The Kier molecular flexibility index (Phi) is 2.11. The van der Waals surface area contributed by atoms with Gasteiger partial charge in [-0.3, -0.25) is 0 Å². The number of halogens is 6. The normalized spacial score (nSPS) is 20.2. The Hall–Kier alpha value is 0.828. The van der Waals surface area contributed by atoms with Crippen LogP contribution in [0.1, 0.15) is 0 Å². The van der Waals surface area contributed by atoms with Crippen LogP contribution in [0.3, 0.4) is 0 Å². The quantitative estimate of drug-likeness (QED) is 0.359. The third kappa shape index (κ3) is 338. The third-order valence-corrected chi connectivity index (χ3v) is 0. The molecule has 0 atom stereocenters. The van der Waals surface area contributed by atoms with Gasteiger partial charge in [-0.25, -0.2) is 0 Å². The predicted molar refractivity (Wildman–Crippen MR) is 23.5 cm³/mol. The van der Waals surface area contributed by atoms with E-state index in [0.717, 1.165) is 0 Å². The molecule has 0 aromatic carbocycles. The Morgan fingerprint density at radius 3 is 0.625 bits per heavy atom. The van der Waals surface area contributed by atoms with Gasteiger partial charge in [0.1, 0.15) is 0 Å². The topological polar surface area (TPSA) is 0 Å². The molecule has 0 aromatic rings. The number of rotatable bonds is 0. The molecule has 0 bridgehead atoms. The molecule has 0 saturated carbocycles. The average molecular weight is 270 g/mol. The van der Waals surface area contributed by atoms with E-state index < -0.39 is 7.81 Å². The van der Waals surface area contributed by atoms with Crippen molar-refractivity contribution in [2.24, 2.45) is 0 Å². The second kappa shape index (κ2) is 1.46. The summed E-state index contributed by atoms with van der Waals surface area (Å²) >= 11 is 0. The molecular weight excluding hydrogens is 267 g/mol. The fourth-order valence-corrected chi connectivity index (χ4v) is 0. The SMILES string of the molecule is F[P-](F)(F)(F)(F)F.[SbH3]. The molecule has 0 saturated heterocycles. The fourth-order valence-electron chi connectivity index (χ4n) is 0. The van der Waals surface area contributed by atoms with Gasteiger partial charge in [0.25, 0.3) is 0 Å². The number of hydrogen-bond donors (Lipinski definition) is 0. The minimum atomic E-state index is -10.7. The van der Waals surface area contributed by atoms with Crippen molar-refractivity contribution in [1.29, 1.82) is 0 Å². The summed E-state index contributed by atoms with van der Waals surface area (Å²) in [6, 6.07) is 0. The van der Waals surface area contributed by atoms with E-state index in [2.05, 4.69) is 0 Å². The Bertz CT molecular complexity index is 67.1. The molecule has 56 valence electrons. The van der Waals surface area contributed by atoms with Crippen LogP contribution in [0.25, 0.3) is 0 Å². The second-order valence-electron chi connectivity index (χ2n) is 0.958. The first-order valence-corrected chi connectivity index (χ1v) is 3.04. The molecule has 0 fully saturated rings. The summed E-state index contributed by atoms with van der Waals surface area (Å²) in [6.45, 7) is 0. The molecule has 0 unspecified atom stereocenters. The molecule has 8 heteroatoms.